The van der Waals surface area contributed by atoms with Crippen molar-refractivity contribution in [2.45, 2.75) is 25.8 Å². The van der Waals surface area contributed by atoms with E-state index < -0.39 is 28.6 Å². The predicted molar refractivity (Wildman–Crippen MR) is 67.3 cm³/mol. The molecule has 18 heavy (non-hydrogen) atoms. The van der Waals surface area contributed by atoms with E-state index in [1.165, 1.54) is 0 Å². The Kier molecular flexibility index (Phi) is 4.81. The number of benzene rings is 1. The molecule has 1 atom stereocenters. The van der Waals surface area contributed by atoms with Gasteiger partial charge in [0, 0.05) is 4.47 Å². The second kappa shape index (κ2) is 5.75. The van der Waals surface area contributed by atoms with Gasteiger partial charge < -0.3 is 10.4 Å². The van der Waals surface area contributed by atoms with Gasteiger partial charge in [-0.2, -0.15) is 0 Å². The summed E-state index contributed by atoms with van der Waals surface area (Å²) in [4.78, 5) is 11.8. The summed E-state index contributed by atoms with van der Waals surface area (Å²) in [7, 11) is 0. The number of nitrogens with one attached hydrogen (secondary N) is 1. The van der Waals surface area contributed by atoms with Crippen LogP contribution in [0.3, 0.4) is 0 Å². The SMILES string of the molecule is CCC(C)(CO)NC(=O)c1c(F)cc(Br)cc1F. The van der Waals surface area contributed by atoms with E-state index in [0.717, 1.165) is 12.1 Å². The first-order valence-corrected chi connectivity index (χ1v) is 6.20. The van der Waals surface area contributed by atoms with Crippen LogP contribution in [-0.2, 0) is 0 Å². The van der Waals surface area contributed by atoms with Crippen molar-refractivity contribution >= 4 is 21.8 Å². The molecule has 0 heterocycles. The van der Waals surface area contributed by atoms with E-state index in [1.807, 2.05) is 0 Å². The Balaban J connectivity index is 3.05. The first-order valence-electron chi connectivity index (χ1n) is 5.41. The molecule has 0 aliphatic rings. The van der Waals surface area contributed by atoms with Crippen LogP contribution in [0.5, 0.6) is 0 Å². The monoisotopic (exact) mass is 321 g/mol. The number of aliphatic hydroxyl groups is 1. The third kappa shape index (κ3) is 3.26. The highest BCUT2D eigenvalue weighted by Gasteiger charge is 2.27. The van der Waals surface area contributed by atoms with Crippen LogP contribution in [-0.4, -0.2) is 23.2 Å². The van der Waals surface area contributed by atoms with Crippen LogP contribution in [0.25, 0.3) is 0 Å². The van der Waals surface area contributed by atoms with Gasteiger partial charge in [0.25, 0.3) is 5.91 Å². The van der Waals surface area contributed by atoms with Gasteiger partial charge in [-0.15, -0.1) is 0 Å². The number of aliphatic hydroxyl groups excluding tert-OH is 1. The molecule has 2 N–H and O–H groups in total. The van der Waals surface area contributed by atoms with Crippen LogP contribution in [0, 0.1) is 11.6 Å². The average molecular weight is 322 g/mol. The van der Waals surface area contributed by atoms with Gasteiger partial charge in [0.05, 0.1) is 12.1 Å². The average Bonchev–Trinajstić information content (AvgIpc) is 2.27. The van der Waals surface area contributed by atoms with Gasteiger partial charge in [0.2, 0.25) is 0 Å². The summed E-state index contributed by atoms with van der Waals surface area (Å²) in [5, 5.41) is 11.6. The molecular formula is C12H14BrF2NO2. The highest BCUT2D eigenvalue weighted by atomic mass is 79.9. The first kappa shape index (κ1) is 15.0. The predicted octanol–water partition coefficient (Wildman–Crippen LogP) is 2.62. The Morgan fingerprint density at radius 2 is 1.94 bits per heavy atom. The second-order valence-corrected chi connectivity index (χ2v) is 5.19. The summed E-state index contributed by atoms with van der Waals surface area (Å²) >= 11 is 2.93. The Hall–Kier alpha value is -1.01. The number of hydrogen-bond acceptors (Lipinski definition) is 2. The summed E-state index contributed by atoms with van der Waals surface area (Å²) < 4.78 is 27.3. The maximum Gasteiger partial charge on any atom is 0.257 e. The summed E-state index contributed by atoms with van der Waals surface area (Å²) in [6, 6.07) is 2.03. The Morgan fingerprint density at radius 1 is 1.44 bits per heavy atom. The molecule has 0 aromatic heterocycles. The van der Waals surface area contributed by atoms with Crippen molar-refractivity contribution in [1.82, 2.24) is 5.32 Å². The van der Waals surface area contributed by atoms with E-state index >= 15 is 0 Å². The number of amides is 1. The maximum absolute atomic E-state index is 13.6. The zero-order chi connectivity index (χ0) is 13.9. The standard InChI is InChI=1S/C12H14BrF2NO2/c1-3-12(2,6-17)16-11(18)10-8(14)4-7(13)5-9(10)15/h4-5,17H,3,6H2,1-2H3,(H,16,18). The fraction of sp³-hybridized carbons (Fsp3) is 0.417. The van der Waals surface area contributed by atoms with E-state index in [9.17, 15) is 13.6 Å². The molecule has 0 aliphatic carbocycles. The molecule has 1 rings (SSSR count). The van der Waals surface area contributed by atoms with Gasteiger partial charge >= 0.3 is 0 Å². The molecule has 3 nitrogen and oxygen atoms in total. The van der Waals surface area contributed by atoms with Gasteiger partial charge in [-0.3, -0.25) is 4.79 Å². The van der Waals surface area contributed by atoms with Gasteiger partial charge in [-0.25, -0.2) is 8.78 Å². The minimum atomic E-state index is -0.948. The van der Waals surface area contributed by atoms with E-state index in [0.29, 0.717) is 6.42 Å². The van der Waals surface area contributed by atoms with E-state index in [4.69, 9.17) is 5.11 Å². The molecule has 6 heteroatoms. The lowest BCUT2D eigenvalue weighted by molar-refractivity contribution is 0.0839. The number of halogens is 3. The van der Waals surface area contributed by atoms with Gasteiger partial charge in [0.1, 0.15) is 17.2 Å². The Bertz CT molecular complexity index is 438. The van der Waals surface area contributed by atoms with Crippen LogP contribution in [0.2, 0.25) is 0 Å². The number of carbonyl (C=O) groups is 1. The zero-order valence-electron chi connectivity index (χ0n) is 10.1. The van der Waals surface area contributed by atoms with Gasteiger partial charge in [-0.1, -0.05) is 22.9 Å². The summed E-state index contributed by atoms with van der Waals surface area (Å²) in [5.74, 6) is -2.78. The number of hydrogen-bond donors (Lipinski definition) is 2. The van der Waals surface area contributed by atoms with Crippen molar-refractivity contribution < 1.29 is 18.7 Å². The van der Waals surface area contributed by atoms with Crippen molar-refractivity contribution in [3.8, 4) is 0 Å². The van der Waals surface area contributed by atoms with Gasteiger partial charge in [-0.05, 0) is 25.5 Å². The van der Waals surface area contributed by atoms with Crippen LogP contribution < -0.4 is 5.32 Å². The van der Waals surface area contributed by atoms with E-state index in [-0.39, 0.29) is 11.1 Å². The quantitative estimate of drug-likeness (QED) is 0.895. The molecule has 0 saturated carbocycles. The minimum absolute atomic E-state index is 0.217. The largest absolute Gasteiger partial charge is 0.394 e. The molecule has 1 aromatic carbocycles. The molecule has 0 radical (unpaired) electrons. The molecular weight excluding hydrogens is 308 g/mol. The molecule has 0 aliphatic heterocycles. The fourth-order valence-electron chi connectivity index (χ4n) is 1.34. The molecule has 0 bridgehead atoms. The first-order chi connectivity index (χ1) is 8.33. The fourth-order valence-corrected chi connectivity index (χ4v) is 1.74. The zero-order valence-corrected chi connectivity index (χ0v) is 11.6. The number of rotatable bonds is 4. The van der Waals surface area contributed by atoms with Crippen molar-refractivity contribution in [3.63, 3.8) is 0 Å². The number of carbonyl (C=O) groups excluding carboxylic acids is 1. The Morgan fingerprint density at radius 3 is 2.33 bits per heavy atom. The lowest BCUT2D eigenvalue weighted by atomic mass is 9.99. The Labute approximate surface area is 112 Å². The molecule has 1 amide bonds. The lowest BCUT2D eigenvalue weighted by Gasteiger charge is -2.27. The van der Waals surface area contributed by atoms with Crippen molar-refractivity contribution in [3.05, 3.63) is 33.8 Å². The normalized spacial score (nSPS) is 14.1. The van der Waals surface area contributed by atoms with E-state index in [1.54, 1.807) is 13.8 Å². The summed E-state index contributed by atoms with van der Waals surface area (Å²) in [6.45, 7) is 3.04. The molecule has 1 aromatic rings. The van der Waals surface area contributed by atoms with Crippen LogP contribution in [0.4, 0.5) is 8.78 Å². The van der Waals surface area contributed by atoms with Crippen molar-refractivity contribution in [2.75, 3.05) is 6.61 Å². The molecule has 0 saturated heterocycles. The van der Waals surface area contributed by atoms with Crippen molar-refractivity contribution in [2.24, 2.45) is 0 Å². The third-order valence-electron chi connectivity index (χ3n) is 2.78. The van der Waals surface area contributed by atoms with Crippen LogP contribution in [0.1, 0.15) is 30.6 Å². The maximum atomic E-state index is 13.6. The van der Waals surface area contributed by atoms with E-state index in [2.05, 4.69) is 21.2 Å². The molecule has 0 fully saturated rings. The van der Waals surface area contributed by atoms with Crippen LogP contribution in [0.15, 0.2) is 16.6 Å². The smallest absolute Gasteiger partial charge is 0.257 e. The highest BCUT2D eigenvalue weighted by molar-refractivity contribution is 9.10. The molecule has 0 spiro atoms. The summed E-state index contributed by atoms with van der Waals surface area (Å²) in [6.07, 6.45) is 0.439. The molecule has 100 valence electrons. The second-order valence-electron chi connectivity index (χ2n) is 4.27. The van der Waals surface area contributed by atoms with Crippen LogP contribution >= 0.6 is 15.9 Å². The summed E-state index contributed by atoms with van der Waals surface area (Å²) in [5.41, 5.74) is -1.55. The topological polar surface area (TPSA) is 49.3 Å². The van der Waals surface area contributed by atoms with Crippen molar-refractivity contribution in [1.29, 1.82) is 0 Å². The molecule has 1 unspecified atom stereocenters. The van der Waals surface area contributed by atoms with Gasteiger partial charge in [0.15, 0.2) is 0 Å². The lowest BCUT2D eigenvalue weighted by Crippen LogP contribution is -2.48. The third-order valence-corrected chi connectivity index (χ3v) is 3.24. The minimum Gasteiger partial charge on any atom is -0.394 e. The highest BCUT2D eigenvalue weighted by Crippen LogP contribution is 2.20.